The first-order chi connectivity index (χ1) is 11.4. The number of benzene rings is 1. The fraction of sp³-hybridized carbons (Fsp3) is 0.200. The molecule has 1 aromatic carbocycles. The highest BCUT2D eigenvalue weighted by molar-refractivity contribution is 6.44. The Morgan fingerprint density at radius 3 is 2.62 bits per heavy atom. The van der Waals surface area contributed by atoms with E-state index < -0.39 is 23.7 Å². The van der Waals surface area contributed by atoms with Crippen LogP contribution in [0.3, 0.4) is 0 Å². The molecule has 0 radical (unpaired) electrons. The van der Waals surface area contributed by atoms with Gasteiger partial charge in [-0.3, -0.25) is 19.3 Å². The van der Waals surface area contributed by atoms with Crippen LogP contribution in [0, 0.1) is 5.82 Å². The van der Waals surface area contributed by atoms with Crippen LogP contribution in [0.1, 0.15) is 6.42 Å². The molecule has 1 aliphatic rings. The lowest BCUT2D eigenvalue weighted by Gasteiger charge is -2.20. The predicted octanol–water partition coefficient (Wildman–Crippen LogP) is 0.618. The van der Waals surface area contributed by atoms with Gasteiger partial charge in [-0.1, -0.05) is 0 Å². The topological polar surface area (TPSA) is 106 Å². The van der Waals surface area contributed by atoms with Crippen LogP contribution in [0.15, 0.2) is 41.8 Å². The molecule has 2 heterocycles. The number of hydrogen-bond acceptors (Lipinski definition) is 5. The lowest BCUT2D eigenvalue weighted by Crippen LogP contribution is -2.39. The molecular formula is C15H15FN6O2. The van der Waals surface area contributed by atoms with Gasteiger partial charge < -0.3 is 11.1 Å². The Labute approximate surface area is 136 Å². The smallest absolute Gasteiger partial charge is 0.272 e. The largest absolute Gasteiger partial charge is 0.368 e. The van der Waals surface area contributed by atoms with Crippen molar-refractivity contribution in [1.29, 1.82) is 0 Å². The minimum atomic E-state index is -0.801. The summed E-state index contributed by atoms with van der Waals surface area (Å²) >= 11 is 0. The third-order valence-electron chi connectivity index (χ3n) is 3.55. The summed E-state index contributed by atoms with van der Waals surface area (Å²) in [7, 11) is 1.72. The van der Waals surface area contributed by atoms with Gasteiger partial charge in [-0.05, 0) is 24.3 Å². The number of rotatable bonds is 4. The van der Waals surface area contributed by atoms with Gasteiger partial charge in [0.25, 0.3) is 5.91 Å². The predicted molar refractivity (Wildman–Crippen MR) is 85.8 cm³/mol. The highest BCUT2D eigenvalue weighted by Crippen LogP contribution is 2.25. The van der Waals surface area contributed by atoms with Crippen molar-refractivity contribution in [2.24, 2.45) is 17.9 Å². The molecule has 9 heteroatoms. The second kappa shape index (κ2) is 6.11. The molecule has 0 aliphatic carbocycles. The maximum Gasteiger partial charge on any atom is 0.272 e. The number of nitrogens with two attached hydrogens (primary N) is 1. The van der Waals surface area contributed by atoms with E-state index in [1.807, 2.05) is 0 Å². The van der Waals surface area contributed by atoms with Gasteiger partial charge >= 0.3 is 0 Å². The van der Waals surface area contributed by atoms with E-state index >= 15 is 0 Å². The Kier molecular flexibility index (Phi) is 3.98. The van der Waals surface area contributed by atoms with Crippen molar-refractivity contribution < 1.29 is 14.0 Å². The van der Waals surface area contributed by atoms with Gasteiger partial charge in [0.1, 0.15) is 17.6 Å². The van der Waals surface area contributed by atoms with Crippen LogP contribution >= 0.6 is 0 Å². The summed E-state index contributed by atoms with van der Waals surface area (Å²) in [6.45, 7) is 0. The number of primary amides is 1. The molecule has 1 aromatic heterocycles. The molecular weight excluding hydrogens is 315 g/mol. The molecule has 1 aliphatic heterocycles. The van der Waals surface area contributed by atoms with Crippen LogP contribution in [0.5, 0.6) is 0 Å². The number of amides is 2. The molecule has 0 saturated carbocycles. The van der Waals surface area contributed by atoms with Crippen molar-refractivity contribution in [2.75, 3.05) is 10.3 Å². The van der Waals surface area contributed by atoms with Crippen molar-refractivity contribution in [2.45, 2.75) is 12.5 Å². The lowest BCUT2D eigenvalue weighted by atomic mass is 10.1. The van der Waals surface area contributed by atoms with E-state index in [0.29, 0.717) is 11.4 Å². The third-order valence-corrected chi connectivity index (χ3v) is 3.55. The second-order valence-electron chi connectivity index (χ2n) is 5.35. The molecule has 3 rings (SSSR count). The molecule has 3 N–H and O–H groups in total. The van der Waals surface area contributed by atoms with Gasteiger partial charge in [-0.25, -0.2) is 4.39 Å². The van der Waals surface area contributed by atoms with Crippen molar-refractivity contribution >= 4 is 28.9 Å². The number of hydrazone groups is 1. The highest BCUT2D eigenvalue weighted by atomic mass is 19.1. The first-order valence-electron chi connectivity index (χ1n) is 7.15. The first kappa shape index (κ1) is 15.7. The SMILES string of the molecule is Cn1cc(NC(=O)C2=NN(c3ccc(F)cc3)C(C(N)=O)C2)cn1. The average molecular weight is 330 g/mol. The number of aryl methyl sites for hydroxylation is 1. The fourth-order valence-electron chi connectivity index (χ4n) is 2.39. The van der Waals surface area contributed by atoms with Crippen molar-refractivity contribution in [1.82, 2.24) is 9.78 Å². The molecule has 1 unspecified atom stereocenters. The summed E-state index contributed by atoms with van der Waals surface area (Å²) in [5.41, 5.74) is 6.55. The van der Waals surface area contributed by atoms with Crippen molar-refractivity contribution in [3.8, 4) is 0 Å². The lowest BCUT2D eigenvalue weighted by molar-refractivity contribution is -0.119. The minimum Gasteiger partial charge on any atom is -0.368 e. The van der Waals surface area contributed by atoms with E-state index in [1.165, 1.54) is 35.5 Å². The van der Waals surface area contributed by atoms with Gasteiger partial charge in [0.15, 0.2) is 0 Å². The monoisotopic (exact) mass is 330 g/mol. The summed E-state index contributed by atoms with van der Waals surface area (Å²) in [4.78, 5) is 24.0. The molecule has 0 saturated heterocycles. The number of nitrogens with one attached hydrogen (secondary N) is 1. The molecule has 2 aromatic rings. The number of carbonyl (C=O) groups is 2. The number of aromatic nitrogens is 2. The highest BCUT2D eigenvalue weighted by Gasteiger charge is 2.35. The molecule has 0 bridgehead atoms. The second-order valence-corrected chi connectivity index (χ2v) is 5.35. The molecule has 8 nitrogen and oxygen atoms in total. The van der Waals surface area contributed by atoms with Crippen LogP contribution < -0.4 is 16.1 Å². The van der Waals surface area contributed by atoms with Crippen LogP contribution in [0.4, 0.5) is 15.8 Å². The first-order valence-corrected chi connectivity index (χ1v) is 7.15. The number of anilines is 2. The van der Waals surface area contributed by atoms with Gasteiger partial charge in [0, 0.05) is 19.7 Å². The molecule has 124 valence electrons. The van der Waals surface area contributed by atoms with E-state index in [4.69, 9.17) is 5.73 Å². The van der Waals surface area contributed by atoms with Crippen LogP contribution in [-0.4, -0.2) is 33.3 Å². The van der Waals surface area contributed by atoms with Crippen LogP contribution in [0.25, 0.3) is 0 Å². The summed E-state index contributed by atoms with van der Waals surface area (Å²) in [6, 6.07) is 4.63. The van der Waals surface area contributed by atoms with Gasteiger partial charge in [-0.2, -0.15) is 10.2 Å². The van der Waals surface area contributed by atoms with E-state index in [1.54, 1.807) is 17.9 Å². The number of hydrogen-bond donors (Lipinski definition) is 2. The van der Waals surface area contributed by atoms with E-state index in [0.717, 1.165) is 0 Å². The summed E-state index contributed by atoms with van der Waals surface area (Å²) in [5, 5.41) is 12.1. The standard InChI is InChI=1S/C15H15FN6O2/c1-21-8-10(7-18-21)19-15(24)12-6-13(14(17)23)22(20-12)11-4-2-9(16)3-5-11/h2-5,7-8,13H,6H2,1H3,(H2,17,23)(H,19,24). The number of carbonyl (C=O) groups excluding carboxylic acids is 2. The maximum atomic E-state index is 13.1. The molecule has 0 spiro atoms. The maximum absolute atomic E-state index is 13.1. The zero-order valence-corrected chi connectivity index (χ0v) is 12.8. The minimum absolute atomic E-state index is 0.0683. The third kappa shape index (κ3) is 3.09. The summed E-state index contributed by atoms with van der Waals surface area (Å²) in [5.74, 6) is -1.47. The Morgan fingerprint density at radius 2 is 2.04 bits per heavy atom. The molecule has 2 amide bonds. The van der Waals surface area contributed by atoms with Crippen LogP contribution in [0.2, 0.25) is 0 Å². The van der Waals surface area contributed by atoms with E-state index in [-0.39, 0.29) is 12.1 Å². The van der Waals surface area contributed by atoms with E-state index in [2.05, 4.69) is 15.5 Å². The molecule has 24 heavy (non-hydrogen) atoms. The number of nitrogens with zero attached hydrogens (tertiary/aromatic N) is 4. The number of halogens is 1. The summed E-state index contributed by atoms with van der Waals surface area (Å²) in [6.07, 6.45) is 3.20. The summed E-state index contributed by atoms with van der Waals surface area (Å²) < 4.78 is 14.6. The van der Waals surface area contributed by atoms with Gasteiger partial charge in [-0.15, -0.1) is 0 Å². The fourth-order valence-corrected chi connectivity index (χ4v) is 2.39. The van der Waals surface area contributed by atoms with Crippen LogP contribution in [-0.2, 0) is 16.6 Å². The normalized spacial score (nSPS) is 16.8. The quantitative estimate of drug-likeness (QED) is 0.857. The van der Waals surface area contributed by atoms with Gasteiger partial charge in [0.05, 0.1) is 17.6 Å². The van der Waals surface area contributed by atoms with Crippen molar-refractivity contribution in [3.63, 3.8) is 0 Å². The van der Waals surface area contributed by atoms with E-state index in [9.17, 15) is 14.0 Å². The van der Waals surface area contributed by atoms with Crippen molar-refractivity contribution in [3.05, 3.63) is 42.5 Å². The zero-order chi connectivity index (χ0) is 17.3. The van der Waals surface area contributed by atoms with Gasteiger partial charge in [0.2, 0.25) is 5.91 Å². The molecule has 0 fully saturated rings. The Hall–Kier alpha value is -3.23. The Bertz CT molecular complexity index is 814. The Balaban J connectivity index is 1.83. The average Bonchev–Trinajstić information content (AvgIpc) is 3.15. The molecule has 1 atom stereocenters. The Morgan fingerprint density at radius 1 is 1.33 bits per heavy atom. The zero-order valence-electron chi connectivity index (χ0n) is 12.8.